The summed E-state index contributed by atoms with van der Waals surface area (Å²) in [6.07, 6.45) is 2.59. The van der Waals surface area contributed by atoms with Crippen molar-refractivity contribution >= 4 is 23.3 Å². The maximum Gasteiger partial charge on any atom is 0.0786 e. The number of nitrogens with zero attached hydrogens (tertiary/aromatic N) is 2. The SMILES string of the molecule is Clc1cccc(Cc2cnsn2)c1. The molecule has 0 bridgehead atoms. The highest BCUT2D eigenvalue weighted by atomic mass is 35.5. The van der Waals surface area contributed by atoms with Crippen molar-refractivity contribution in [2.45, 2.75) is 6.42 Å². The molecule has 1 heterocycles. The van der Waals surface area contributed by atoms with Crippen LogP contribution < -0.4 is 0 Å². The first-order valence-electron chi connectivity index (χ1n) is 3.85. The lowest BCUT2D eigenvalue weighted by Crippen LogP contribution is -1.86. The molecule has 2 nitrogen and oxygen atoms in total. The van der Waals surface area contributed by atoms with Crippen LogP contribution in [0.4, 0.5) is 0 Å². The van der Waals surface area contributed by atoms with Crippen LogP contribution in [-0.4, -0.2) is 8.75 Å². The number of benzene rings is 1. The fraction of sp³-hybridized carbons (Fsp3) is 0.111. The van der Waals surface area contributed by atoms with Gasteiger partial charge in [0.1, 0.15) is 0 Å². The average Bonchev–Trinajstić information content (AvgIpc) is 2.57. The van der Waals surface area contributed by atoms with Crippen LogP contribution in [0.25, 0.3) is 0 Å². The van der Waals surface area contributed by atoms with Gasteiger partial charge in [-0.15, -0.1) is 0 Å². The molecule has 2 rings (SSSR count). The fourth-order valence-electron chi connectivity index (χ4n) is 1.12. The quantitative estimate of drug-likeness (QED) is 0.762. The van der Waals surface area contributed by atoms with E-state index < -0.39 is 0 Å². The third-order valence-corrected chi connectivity index (χ3v) is 2.43. The lowest BCUT2D eigenvalue weighted by molar-refractivity contribution is 1.13. The molecule has 1 aromatic heterocycles. The summed E-state index contributed by atoms with van der Waals surface area (Å²) < 4.78 is 8.07. The predicted molar refractivity (Wildman–Crippen MR) is 54.2 cm³/mol. The largest absolute Gasteiger partial charge is 0.181 e. The van der Waals surface area contributed by atoms with Crippen molar-refractivity contribution in [3.8, 4) is 0 Å². The first-order valence-corrected chi connectivity index (χ1v) is 4.96. The number of hydrogen-bond acceptors (Lipinski definition) is 3. The molecule has 0 amide bonds. The smallest absolute Gasteiger partial charge is 0.0786 e. The molecule has 4 heteroatoms. The van der Waals surface area contributed by atoms with E-state index in [1.54, 1.807) is 6.20 Å². The van der Waals surface area contributed by atoms with E-state index in [1.807, 2.05) is 24.3 Å². The van der Waals surface area contributed by atoms with E-state index >= 15 is 0 Å². The van der Waals surface area contributed by atoms with Crippen molar-refractivity contribution in [3.05, 3.63) is 46.7 Å². The van der Waals surface area contributed by atoms with Crippen molar-refractivity contribution in [2.24, 2.45) is 0 Å². The molecule has 0 spiro atoms. The van der Waals surface area contributed by atoms with E-state index in [2.05, 4.69) is 8.75 Å². The molecule has 66 valence electrons. The number of halogens is 1. The topological polar surface area (TPSA) is 25.8 Å². The van der Waals surface area contributed by atoms with Crippen LogP contribution in [0.5, 0.6) is 0 Å². The first kappa shape index (κ1) is 8.66. The maximum absolute atomic E-state index is 5.85. The summed E-state index contributed by atoms with van der Waals surface area (Å²) in [6, 6.07) is 7.79. The molecule has 2 aromatic rings. The summed E-state index contributed by atoms with van der Waals surface area (Å²) >= 11 is 7.08. The number of aromatic nitrogens is 2. The first-order chi connectivity index (χ1) is 6.34. The molecule has 0 fully saturated rings. The zero-order valence-corrected chi connectivity index (χ0v) is 8.35. The van der Waals surface area contributed by atoms with E-state index in [0.717, 1.165) is 17.1 Å². The van der Waals surface area contributed by atoms with Crippen LogP contribution in [0.3, 0.4) is 0 Å². The third-order valence-electron chi connectivity index (χ3n) is 1.68. The van der Waals surface area contributed by atoms with Gasteiger partial charge in [-0.3, -0.25) is 0 Å². The van der Waals surface area contributed by atoms with Gasteiger partial charge in [0.25, 0.3) is 0 Å². The maximum atomic E-state index is 5.85. The normalized spacial score (nSPS) is 10.2. The lowest BCUT2D eigenvalue weighted by atomic mass is 10.1. The van der Waals surface area contributed by atoms with Gasteiger partial charge in [0.05, 0.1) is 23.6 Å². The van der Waals surface area contributed by atoms with Gasteiger partial charge in [0.2, 0.25) is 0 Å². The van der Waals surface area contributed by atoms with E-state index in [0.29, 0.717) is 0 Å². The molecule has 0 aliphatic rings. The second-order valence-electron chi connectivity index (χ2n) is 2.71. The minimum atomic E-state index is 0.765. The molecular formula is C9H7ClN2S. The molecule has 0 aliphatic heterocycles. The second kappa shape index (κ2) is 3.85. The fourth-order valence-corrected chi connectivity index (χ4v) is 1.76. The summed E-state index contributed by atoms with van der Waals surface area (Å²) in [7, 11) is 0. The molecule has 13 heavy (non-hydrogen) atoms. The Morgan fingerprint density at radius 1 is 1.38 bits per heavy atom. The third kappa shape index (κ3) is 2.26. The Labute approximate surface area is 85.5 Å². The monoisotopic (exact) mass is 210 g/mol. The van der Waals surface area contributed by atoms with Gasteiger partial charge >= 0.3 is 0 Å². The molecule has 1 aromatic carbocycles. The lowest BCUT2D eigenvalue weighted by Gasteiger charge is -1.97. The Balaban J connectivity index is 2.19. The highest BCUT2D eigenvalue weighted by Gasteiger charge is 1.98. The van der Waals surface area contributed by atoms with E-state index in [-0.39, 0.29) is 0 Å². The van der Waals surface area contributed by atoms with E-state index in [4.69, 9.17) is 11.6 Å². The molecule has 0 atom stereocenters. The van der Waals surface area contributed by atoms with Gasteiger partial charge in [0.15, 0.2) is 0 Å². The van der Waals surface area contributed by atoms with Gasteiger partial charge in [-0.25, -0.2) is 0 Å². The van der Waals surface area contributed by atoms with Crippen LogP contribution in [0, 0.1) is 0 Å². The molecule has 0 saturated carbocycles. The van der Waals surface area contributed by atoms with Crippen molar-refractivity contribution < 1.29 is 0 Å². The van der Waals surface area contributed by atoms with Gasteiger partial charge in [-0.1, -0.05) is 23.7 Å². The standard InChI is InChI=1S/C9H7ClN2S/c10-8-3-1-2-7(4-8)5-9-6-11-13-12-9/h1-4,6H,5H2. The van der Waals surface area contributed by atoms with Crippen LogP contribution in [0.2, 0.25) is 5.02 Å². The Hall–Kier alpha value is -0.930. The second-order valence-corrected chi connectivity index (χ2v) is 3.70. The summed E-state index contributed by atoms with van der Waals surface area (Å²) in [5.41, 5.74) is 2.16. The highest BCUT2D eigenvalue weighted by molar-refractivity contribution is 6.99. The molecule has 0 N–H and O–H groups in total. The molecule has 0 aliphatic carbocycles. The summed E-state index contributed by atoms with van der Waals surface area (Å²) in [5, 5.41) is 0.765. The van der Waals surface area contributed by atoms with Crippen molar-refractivity contribution in [1.82, 2.24) is 8.75 Å². The highest BCUT2D eigenvalue weighted by Crippen LogP contribution is 2.13. The Kier molecular flexibility index (Phi) is 2.57. The average molecular weight is 211 g/mol. The van der Waals surface area contributed by atoms with Crippen molar-refractivity contribution in [2.75, 3.05) is 0 Å². The minimum Gasteiger partial charge on any atom is -0.181 e. The summed E-state index contributed by atoms with van der Waals surface area (Å²) in [5.74, 6) is 0. The molecule has 0 saturated heterocycles. The van der Waals surface area contributed by atoms with Crippen molar-refractivity contribution in [1.29, 1.82) is 0 Å². The van der Waals surface area contributed by atoms with Gasteiger partial charge in [-0.2, -0.15) is 8.75 Å². The molecule has 0 radical (unpaired) electrons. The molecule has 0 unspecified atom stereocenters. The summed E-state index contributed by atoms with van der Waals surface area (Å²) in [6.45, 7) is 0. The van der Waals surface area contributed by atoms with Crippen LogP contribution >= 0.6 is 23.3 Å². The predicted octanol–water partition coefficient (Wildman–Crippen LogP) is 2.78. The molecular weight excluding hydrogens is 204 g/mol. The minimum absolute atomic E-state index is 0.765. The van der Waals surface area contributed by atoms with Crippen LogP contribution in [0.15, 0.2) is 30.5 Å². The van der Waals surface area contributed by atoms with E-state index in [9.17, 15) is 0 Å². The van der Waals surface area contributed by atoms with Crippen LogP contribution in [-0.2, 0) is 6.42 Å². The zero-order valence-electron chi connectivity index (χ0n) is 6.77. The van der Waals surface area contributed by atoms with Gasteiger partial charge in [-0.05, 0) is 17.7 Å². The van der Waals surface area contributed by atoms with Gasteiger partial charge in [0, 0.05) is 11.4 Å². The summed E-state index contributed by atoms with van der Waals surface area (Å²) in [4.78, 5) is 0. The van der Waals surface area contributed by atoms with Gasteiger partial charge < -0.3 is 0 Å². The Morgan fingerprint density at radius 2 is 2.31 bits per heavy atom. The van der Waals surface area contributed by atoms with Crippen LogP contribution in [0.1, 0.15) is 11.3 Å². The Morgan fingerprint density at radius 3 is 3.00 bits per heavy atom. The number of rotatable bonds is 2. The van der Waals surface area contributed by atoms with Crippen molar-refractivity contribution in [3.63, 3.8) is 0 Å². The number of hydrogen-bond donors (Lipinski definition) is 0. The Bertz CT molecular complexity index is 386. The zero-order chi connectivity index (χ0) is 9.10. The van der Waals surface area contributed by atoms with E-state index in [1.165, 1.54) is 17.3 Å².